The van der Waals surface area contributed by atoms with E-state index in [4.69, 9.17) is 4.74 Å². The maximum atomic E-state index is 13.4. The van der Waals surface area contributed by atoms with Crippen LogP contribution in [-0.2, 0) is 23.6 Å². The molecule has 0 saturated carbocycles. The van der Waals surface area contributed by atoms with E-state index in [0.29, 0.717) is 28.9 Å². The molecule has 0 unspecified atom stereocenters. The van der Waals surface area contributed by atoms with Crippen LogP contribution in [0.3, 0.4) is 0 Å². The third kappa shape index (κ3) is 5.53. The Labute approximate surface area is 218 Å². The van der Waals surface area contributed by atoms with E-state index in [1.54, 1.807) is 30.8 Å². The fraction of sp³-hybridized carbons (Fsp3) is 0.423. The zero-order chi connectivity index (χ0) is 25.1. The van der Waals surface area contributed by atoms with Gasteiger partial charge in [-0.25, -0.2) is 9.18 Å². The Balaban J connectivity index is 1.84. The average Bonchev–Trinajstić information content (AvgIpc) is 3.15. The summed E-state index contributed by atoms with van der Waals surface area (Å²) in [5, 5.41) is 11.9. The Kier molecular flexibility index (Phi) is 8.42. The first-order valence-corrected chi connectivity index (χ1v) is 13.6. The average molecular weight is 565 g/mol. The maximum absolute atomic E-state index is 13.4. The lowest BCUT2D eigenvalue weighted by molar-refractivity contribution is 0.0527. The summed E-state index contributed by atoms with van der Waals surface area (Å²) in [6.45, 7) is 8.99. The molecule has 1 aromatic heterocycles. The van der Waals surface area contributed by atoms with Gasteiger partial charge in [0, 0.05) is 66.6 Å². The molecule has 188 valence electrons. The van der Waals surface area contributed by atoms with Gasteiger partial charge in [0.15, 0.2) is 0 Å². The second kappa shape index (κ2) is 11.3. The number of ether oxygens (including phenoxy) is 1. The number of fused-ring (bicyclic) bond motifs is 1. The van der Waals surface area contributed by atoms with E-state index in [-0.39, 0.29) is 24.1 Å². The first-order valence-electron chi connectivity index (χ1n) is 11.9. The van der Waals surface area contributed by atoms with Crippen LogP contribution in [0.1, 0.15) is 35.5 Å². The van der Waals surface area contributed by atoms with Crippen LogP contribution >= 0.6 is 27.7 Å². The van der Waals surface area contributed by atoms with Gasteiger partial charge >= 0.3 is 5.97 Å². The summed E-state index contributed by atoms with van der Waals surface area (Å²) < 4.78 is 21.6. The molecule has 4 rings (SSSR count). The van der Waals surface area contributed by atoms with Crippen LogP contribution in [-0.4, -0.2) is 65.3 Å². The summed E-state index contributed by atoms with van der Waals surface area (Å²) >= 11 is 5.08. The second-order valence-electron chi connectivity index (χ2n) is 8.69. The van der Waals surface area contributed by atoms with Crippen molar-refractivity contribution < 1.29 is 19.0 Å². The maximum Gasteiger partial charge on any atom is 0.340 e. The molecule has 9 heteroatoms. The highest BCUT2D eigenvalue weighted by Gasteiger charge is 2.29. The molecule has 2 aromatic carbocycles. The molecular weight excluding hydrogens is 533 g/mol. The Hall–Kier alpha value is -2.07. The molecule has 35 heavy (non-hydrogen) atoms. The summed E-state index contributed by atoms with van der Waals surface area (Å²) in [4.78, 5) is 18.9. The van der Waals surface area contributed by atoms with Gasteiger partial charge in [-0.05, 0) is 67.2 Å². The smallest absolute Gasteiger partial charge is 0.340 e. The Morgan fingerprint density at radius 2 is 1.86 bits per heavy atom. The van der Waals surface area contributed by atoms with Gasteiger partial charge in [0.1, 0.15) is 11.6 Å². The van der Waals surface area contributed by atoms with Crippen molar-refractivity contribution in [3.63, 3.8) is 0 Å². The second-order valence-corrected chi connectivity index (χ2v) is 10.6. The third-order valence-corrected chi connectivity index (χ3v) is 8.08. The number of aromatic nitrogens is 1. The van der Waals surface area contributed by atoms with Crippen LogP contribution in [0, 0.1) is 5.82 Å². The molecule has 1 aliphatic heterocycles. The van der Waals surface area contributed by atoms with Gasteiger partial charge in [-0.3, -0.25) is 4.90 Å². The highest BCUT2D eigenvalue weighted by molar-refractivity contribution is 9.10. The number of aromatic hydroxyl groups is 1. The summed E-state index contributed by atoms with van der Waals surface area (Å²) in [5.41, 5.74) is 2.97. The molecule has 1 N–H and O–H groups in total. The molecule has 0 spiro atoms. The van der Waals surface area contributed by atoms with Crippen molar-refractivity contribution in [3.05, 3.63) is 57.4 Å². The number of phenolic OH excluding ortho intramolecular Hbond substituents is 1. The lowest BCUT2D eigenvalue weighted by Crippen LogP contribution is -2.43. The first kappa shape index (κ1) is 26.0. The summed E-state index contributed by atoms with van der Waals surface area (Å²) in [7, 11) is 2.11. The lowest BCUT2D eigenvalue weighted by Gasteiger charge is -2.32. The Bertz CT molecular complexity index is 1210. The molecule has 0 amide bonds. The van der Waals surface area contributed by atoms with Crippen molar-refractivity contribution in [3.8, 4) is 5.75 Å². The van der Waals surface area contributed by atoms with E-state index in [9.17, 15) is 14.3 Å². The van der Waals surface area contributed by atoms with Crippen molar-refractivity contribution in [2.24, 2.45) is 0 Å². The van der Waals surface area contributed by atoms with E-state index in [0.717, 1.165) is 53.2 Å². The number of nitrogens with zero attached hydrogens (tertiary/aromatic N) is 3. The highest BCUT2D eigenvalue weighted by Crippen LogP contribution is 2.41. The van der Waals surface area contributed by atoms with Gasteiger partial charge in [-0.1, -0.05) is 0 Å². The van der Waals surface area contributed by atoms with Crippen molar-refractivity contribution in [2.45, 2.75) is 37.6 Å². The normalized spacial score (nSPS) is 15.1. The topological polar surface area (TPSA) is 57.9 Å². The molecule has 0 radical (unpaired) electrons. The first-order chi connectivity index (χ1) is 16.8. The summed E-state index contributed by atoms with van der Waals surface area (Å²) in [5.74, 6) is 0.000998. The number of halogens is 2. The number of rotatable bonds is 8. The number of hydrogen-bond acceptors (Lipinski definition) is 6. The van der Waals surface area contributed by atoms with Crippen molar-refractivity contribution in [1.29, 1.82) is 0 Å². The zero-order valence-corrected chi connectivity index (χ0v) is 22.7. The van der Waals surface area contributed by atoms with Crippen LogP contribution < -0.4 is 0 Å². The summed E-state index contributed by atoms with van der Waals surface area (Å²) in [6.07, 6.45) is 0. The number of carbonyl (C=O) groups is 1. The number of phenols is 1. The quantitative estimate of drug-likeness (QED) is 0.289. The molecule has 3 aromatic rings. The van der Waals surface area contributed by atoms with E-state index >= 15 is 0 Å². The standard InChI is InChI=1S/C26H31BrFN3O3S/c1-4-31-21-14-20(27)25(32)19(15-30-12-10-29(3)11-13-30)23(21)24(26(33)34-5-2)22(31)16-35-18-8-6-17(28)7-9-18/h6-9,14,32H,4-5,10-13,15-16H2,1-3H3. The molecule has 2 heterocycles. The SMILES string of the molecule is CCOC(=O)c1c(CSc2ccc(F)cc2)n(CC)c2cc(Br)c(O)c(CN3CCN(C)CC3)c12. The number of thioether (sulfide) groups is 1. The molecular formula is C26H31BrFN3O3S. The lowest BCUT2D eigenvalue weighted by atomic mass is 10.0. The molecule has 0 bridgehead atoms. The van der Waals surface area contributed by atoms with Gasteiger partial charge in [-0.15, -0.1) is 11.8 Å². The van der Waals surface area contributed by atoms with Gasteiger partial charge in [-0.2, -0.15) is 0 Å². The van der Waals surface area contributed by atoms with Gasteiger partial charge in [0.05, 0.1) is 22.2 Å². The number of aryl methyl sites for hydroxylation is 1. The third-order valence-electron chi connectivity index (χ3n) is 6.45. The number of hydrogen-bond donors (Lipinski definition) is 1. The van der Waals surface area contributed by atoms with Gasteiger partial charge < -0.3 is 19.3 Å². The Morgan fingerprint density at radius 3 is 2.49 bits per heavy atom. The van der Waals surface area contributed by atoms with Crippen LogP contribution in [0.4, 0.5) is 4.39 Å². The van der Waals surface area contributed by atoms with Crippen LogP contribution in [0.2, 0.25) is 0 Å². The van der Waals surface area contributed by atoms with E-state index in [2.05, 4.69) is 37.3 Å². The zero-order valence-electron chi connectivity index (χ0n) is 20.3. The highest BCUT2D eigenvalue weighted by atomic mass is 79.9. The van der Waals surface area contributed by atoms with E-state index in [1.165, 1.54) is 12.1 Å². The molecule has 0 atom stereocenters. The number of likely N-dealkylation sites (N-methyl/N-ethyl adjacent to an activating group) is 1. The number of benzene rings is 2. The minimum atomic E-state index is -0.388. The van der Waals surface area contributed by atoms with Crippen LogP contribution in [0.5, 0.6) is 5.75 Å². The van der Waals surface area contributed by atoms with Crippen LogP contribution in [0.15, 0.2) is 39.7 Å². The molecule has 0 aliphatic carbocycles. The van der Waals surface area contributed by atoms with Crippen molar-refractivity contribution >= 4 is 44.6 Å². The van der Waals surface area contributed by atoms with Crippen molar-refractivity contribution in [2.75, 3.05) is 39.8 Å². The number of esters is 1. The van der Waals surface area contributed by atoms with Crippen molar-refractivity contribution in [1.82, 2.24) is 14.4 Å². The number of piperazine rings is 1. The van der Waals surface area contributed by atoms with E-state index < -0.39 is 0 Å². The van der Waals surface area contributed by atoms with Gasteiger partial charge in [0.2, 0.25) is 0 Å². The minimum absolute atomic E-state index is 0.160. The summed E-state index contributed by atoms with van der Waals surface area (Å²) in [6, 6.07) is 8.24. The Morgan fingerprint density at radius 1 is 1.17 bits per heavy atom. The monoisotopic (exact) mass is 563 g/mol. The van der Waals surface area contributed by atoms with Gasteiger partial charge in [0.25, 0.3) is 0 Å². The largest absolute Gasteiger partial charge is 0.506 e. The minimum Gasteiger partial charge on any atom is -0.506 e. The predicted octanol–water partition coefficient (Wildman–Crippen LogP) is 5.48. The fourth-order valence-electron chi connectivity index (χ4n) is 4.59. The molecule has 6 nitrogen and oxygen atoms in total. The van der Waals surface area contributed by atoms with Crippen LogP contribution in [0.25, 0.3) is 10.9 Å². The number of carbonyl (C=O) groups excluding carboxylic acids is 1. The van der Waals surface area contributed by atoms with E-state index in [1.807, 2.05) is 13.0 Å². The molecule has 1 aliphatic rings. The predicted molar refractivity (Wildman–Crippen MR) is 142 cm³/mol. The molecule has 1 saturated heterocycles. The molecule has 1 fully saturated rings. The fourth-order valence-corrected chi connectivity index (χ4v) is 5.98.